The Kier molecular flexibility index (Phi) is 5.48. The van der Waals surface area contributed by atoms with E-state index in [1.54, 1.807) is 22.4 Å². The number of aryl methyl sites for hydroxylation is 1. The van der Waals surface area contributed by atoms with Gasteiger partial charge in [-0.25, -0.2) is 4.79 Å². The zero-order valence-corrected chi connectivity index (χ0v) is 20.5. The van der Waals surface area contributed by atoms with Crippen molar-refractivity contribution in [3.05, 3.63) is 87.9 Å². The van der Waals surface area contributed by atoms with Crippen LogP contribution in [0.25, 0.3) is 38.8 Å². The molecule has 3 aromatic carbocycles. The van der Waals surface area contributed by atoms with Crippen LogP contribution in [0.2, 0.25) is 5.02 Å². The fourth-order valence-corrected chi connectivity index (χ4v) is 5.12. The first-order chi connectivity index (χ1) is 17.5. The molecule has 0 aliphatic carbocycles. The molecule has 0 saturated carbocycles. The highest BCUT2D eigenvalue weighted by Gasteiger charge is 2.19. The molecular formula is C28H23ClN6O. The highest BCUT2D eigenvalue weighted by Crippen LogP contribution is 2.31. The molecule has 1 saturated heterocycles. The largest absolute Gasteiger partial charge is 0.368 e. The maximum Gasteiger partial charge on any atom is 0.333 e. The fourth-order valence-electron chi connectivity index (χ4n) is 4.99. The Bertz CT molecular complexity index is 1720. The van der Waals surface area contributed by atoms with Gasteiger partial charge < -0.3 is 10.2 Å². The molecule has 0 bridgehead atoms. The van der Waals surface area contributed by atoms with E-state index in [1.165, 1.54) is 0 Å². The van der Waals surface area contributed by atoms with E-state index in [-0.39, 0.29) is 5.69 Å². The van der Waals surface area contributed by atoms with Gasteiger partial charge in [-0.2, -0.15) is 5.26 Å². The van der Waals surface area contributed by atoms with Gasteiger partial charge in [0.25, 0.3) is 0 Å². The van der Waals surface area contributed by atoms with Gasteiger partial charge in [-0.1, -0.05) is 29.8 Å². The molecule has 2 aromatic heterocycles. The number of piperazine rings is 1. The number of nitrogens with one attached hydrogen (secondary N) is 1. The van der Waals surface area contributed by atoms with Crippen molar-refractivity contribution in [1.82, 2.24) is 19.4 Å². The summed E-state index contributed by atoms with van der Waals surface area (Å²) in [6.07, 6.45) is 1.73. The summed E-state index contributed by atoms with van der Waals surface area (Å²) in [4.78, 5) is 20.3. The Morgan fingerprint density at radius 3 is 2.50 bits per heavy atom. The number of hydrogen-bond donors (Lipinski definition) is 1. The third-order valence-corrected chi connectivity index (χ3v) is 7.13. The van der Waals surface area contributed by atoms with Crippen LogP contribution in [0.3, 0.4) is 0 Å². The lowest BCUT2D eigenvalue weighted by atomic mass is 10.0. The molecule has 0 spiro atoms. The predicted octanol–water partition coefficient (Wildman–Crippen LogP) is 4.48. The van der Waals surface area contributed by atoms with Gasteiger partial charge in [-0.15, -0.1) is 0 Å². The van der Waals surface area contributed by atoms with Crippen LogP contribution < -0.4 is 15.9 Å². The second kappa shape index (κ2) is 8.83. The molecule has 1 N–H and O–H groups in total. The van der Waals surface area contributed by atoms with Crippen molar-refractivity contribution >= 4 is 39.2 Å². The average molecular weight is 495 g/mol. The lowest BCUT2D eigenvalue weighted by Crippen LogP contribution is -2.43. The molecule has 0 amide bonds. The number of nitrogens with zero attached hydrogens (tertiary/aromatic N) is 5. The summed E-state index contributed by atoms with van der Waals surface area (Å²) >= 11 is 6.09. The molecule has 1 aliphatic rings. The van der Waals surface area contributed by atoms with Crippen LogP contribution in [-0.2, 0) is 7.05 Å². The van der Waals surface area contributed by atoms with E-state index in [0.29, 0.717) is 16.3 Å². The molecular weight excluding hydrogens is 472 g/mol. The number of anilines is 1. The summed E-state index contributed by atoms with van der Waals surface area (Å²) in [5.41, 5.74) is 6.23. The minimum Gasteiger partial charge on any atom is -0.368 e. The maximum atomic E-state index is 13.5. The number of benzene rings is 3. The maximum absolute atomic E-state index is 13.5. The van der Waals surface area contributed by atoms with Gasteiger partial charge in [0.2, 0.25) is 0 Å². The van der Waals surface area contributed by atoms with Crippen LogP contribution >= 0.6 is 11.6 Å². The topological polar surface area (TPSA) is 78.9 Å². The van der Waals surface area contributed by atoms with Crippen LogP contribution in [0.5, 0.6) is 0 Å². The molecule has 0 unspecified atom stereocenters. The second-order valence-electron chi connectivity index (χ2n) is 8.96. The third-order valence-electron chi connectivity index (χ3n) is 6.88. The molecule has 1 fully saturated rings. The van der Waals surface area contributed by atoms with E-state index in [9.17, 15) is 10.1 Å². The number of nitriles is 1. The van der Waals surface area contributed by atoms with E-state index in [1.807, 2.05) is 54.6 Å². The van der Waals surface area contributed by atoms with Gasteiger partial charge in [-0.05, 0) is 53.6 Å². The monoisotopic (exact) mass is 494 g/mol. The third kappa shape index (κ3) is 3.63. The van der Waals surface area contributed by atoms with Gasteiger partial charge in [0.15, 0.2) is 0 Å². The van der Waals surface area contributed by atoms with Crippen molar-refractivity contribution in [2.45, 2.75) is 0 Å². The number of rotatable bonds is 3. The Balaban J connectivity index is 1.58. The summed E-state index contributed by atoms with van der Waals surface area (Å²) in [7, 11) is 1.75. The van der Waals surface area contributed by atoms with Crippen molar-refractivity contribution in [3.8, 4) is 22.9 Å². The van der Waals surface area contributed by atoms with Crippen LogP contribution in [0.1, 0.15) is 5.56 Å². The van der Waals surface area contributed by atoms with E-state index in [0.717, 1.165) is 64.9 Å². The molecule has 6 rings (SSSR count). The van der Waals surface area contributed by atoms with Crippen molar-refractivity contribution in [3.63, 3.8) is 0 Å². The number of halogens is 1. The highest BCUT2D eigenvalue weighted by atomic mass is 35.5. The summed E-state index contributed by atoms with van der Waals surface area (Å²) in [5, 5.41) is 14.8. The SMILES string of the molecule is Cn1c(=O)n(-c2ccc(N3CCNCC3)c(C#N)c2)c2c3cc(-c4ccc(Cl)cc4)ccc3ncc21. The van der Waals surface area contributed by atoms with Gasteiger partial charge in [0.1, 0.15) is 6.07 Å². The van der Waals surface area contributed by atoms with Crippen LogP contribution in [0.4, 0.5) is 5.69 Å². The lowest BCUT2D eigenvalue weighted by Gasteiger charge is -2.30. The van der Waals surface area contributed by atoms with Crippen molar-refractivity contribution in [2.75, 3.05) is 31.1 Å². The van der Waals surface area contributed by atoms with Gasteiger partial charge >= 0.3 is 5.69 Å². The number of aromatic nitrogens is 3. The predicted molar refractivity (Wildman–Crippen MR) is 144 cm³/mol. The van der Waals surface area contributed by atoms with Crippen molar-refractivity contribution < 1.29 is 0 Å². The standard InChI is InChI=1S/C28H23ClN6O/c1-33-26-17-32-24-8-4-19(18-2-5-21(29)6-3-18)15-23(24)27(26)35(28(33)36)22-7-9-25(20(14-22)16-30)34-12-10-31-11-13-34/h2-9,14-15,17,31H,10-13H2,1H3. The zero-order chi connectivity index (χ0) is 24.8. The fraction of sp³-hybridized carbons (Fsp3) is 0.179. The quantitative estimate of drug-likeness (QED) is 0.400. The molecule has 178 valence electrons. The van der Waals surface area contributed by atoms with Crippen LogP contribution in [0.15, 0.2) is 71.7 Å². The second-order valence-corrected chi connectivity index (χ2v) is 9.39. The minimum absolute atomic E-state index is 0.185. The minimum atomic E-state index is -0.185. The smallest absolute Gasteiger partial charge is 0.333 e. The molecule has 1 aliphatic heterocycles. The van der Waals surface area contributed by atoms with E-state index >= 15 is 0 Å². The van der Waals surface area contributed by atoms with Gasteiger partial charge in [0, 0.05) is 43.6 Å². The molecule has 5 aromatic rings. The number of hydrogen-bond acceptors (Lipinski definition) is 5. The first-order valence-corrected chi connectivity index (χ1v) is 12.2. The first-order valence-electron chi connectivity index (χ1n) is 11.8. The molecule has 8 heteroatoms. The highest BCUT2D eigenvalue weighted by molar-refractivity contribution is 6.30. The lowest BCUT2D eigenvalue weighted by molar-refractivity contribution is 0.589. The Morgan fingerprint density at radius 2 is 1.75 bits per heavy atom. The molecule has 0 radical (unpaired) electrons. The molecule has 7 nitrogen and oxygen atoms in total. The van der Waals surface area contributed by atoms with Gasteiger partial charge in [-0.3, -0.25) is 14.1 Å². The Labute approximate surface area is 212 Å². The number of pyridine rings is 1. The summed E-state index contributed by atoms with van der Waals surface area (Å²) in [6.45, 7) is 3.44. The van der Waals surface area contributed by atoms with Crippen LogP contribution in [-0.4, -0.2) is 40.3 Å². The summed E-state index contributed by atoms with van der Waals surface area (Å²) in [5.74, 6) is 0. The van der Waals surface area contributed by atoms with Gasteiger partial charge in [0.05, 0.1) is 39.7 Å². The summed E-state index contributed by atoms with van der Waals surface area (Å²) < 4.78 is 3.29. The van der Waals surface area contributed by atoms with E-state index in [4.69, 9.17) is 11.6 Å². The summed E-state index contributed by atoms with van der Waals surface area (Å²) in [6, 6.07) is 21.8. The number of fused-ring (bicyclic) bond motifs is 3. The van der Waals surface area contributed by atoms with Crippen LogP contribution in [0, 0.1) is 11.3 Å². The van der Waals surface area contributed by atoms with E-state index in [2.05, 4.69) is 27.3 Å². The molecule has 3 heterocycles. The Morgan fingerprint density at radius 1 is 1.00 bits per heavy atom. The molecule has 36 heavy (non-hydrogen) atoms. The Hall–Kier alpha value is -4.12. The van der Waals surface area contributed by atoms with E-state index < -0.39 is 0 Å². The normalized spacial score (nSPS) is 13.9. The first kappa shape index (κ1) is 22.4. The zero-order valence-electron chi connectivity index (χ0n) is 19.7. The molecule has 0 atom stereocenters. The number of imidazole rings is 1. The van der Waals surface area contributed by atoms with Crippen molar-refractivity contribution in [1.29, 1.82) is 5.26 Å². The van der Waals surface area contributed by atoms with Crippen molar-refractivity contribution in [2.24, 2.45) is 7.05 Å². The average Bonchev–Trinajstić information content (AvgIpc) is 3.19.